The van der Waals surface area contributed by atoms with Crippen molar-refractivity contribution in [3.63, 3.8) is 0 Å². The van der Waals surface area contributed by atoms with Crippen molar-refractivity contribution in [3.8, 4) is 0 Å². The Morgan fingerprint density at radius 1 is 1.06 bits per heavy atom. The summed E-state index contributed by atoms with van der Waals surface area (Å²) in [6, 6.07) is 8.11. The van der Waals surface area contributed by atoms with Crippen LogP contribution in [0.3, 0.4) is 0 Å². The summed E-state index contributed by atoms with van der Waals surface area (Å²) >= 11 is 0. The Morgan fingerprint density at radius 2 is 1.69 bits per heavy atom. The van der Waals surface area contributed by atoms with Crippen LogP contribution in [0.2, 0.25) is 0 Å². The standard InChI is InChI=1S/C15H20O/c1-14(2)9-4-10-15(14,3)13-7-5-12(11-16)6-8-13/h5-8,11H,4,9-10H2,1-3H3/t15-/m1/s1. The van der Waals surface area contributed by atoms with Gasteiger partial charge in [0.1, 0.15) is 6.29 Å². The lowest BCUT2D eigenvalue weighted by molar-refractivity contribution is 0.112. The number of rotatable bonds is 2. The van der Waals surface area contributed by atoms with Crippen molar-refractivity contribution in [2.45, 2.75) is 45.4 Å². The second kappa shape index (κ2) is 3.73. The first-order valence-electron chi connectivity index (χ1n) is 6.05. The van der Waals surface area contributed by atoms with E-state index in [1.165, 1.54) is 24.8 Å². The Balaban J connectivity index is 2.39. The van der Waals surface area contributed by atoms with Gasteiger partial charge in [-0.1, -0.05) is 51.5 Å². The Bertz CT molecular complexity index is 388. The monoisotopic (exact) mass is 216 g/mol. The van der Waals surface area contributed by atoms with Crippen molar-refractivity contribution in [3.05, 3.63) is 35.4 Å². The van der Waals surface area contributed by atoms with Crippen molar-refractivity contribution < 1.29 is 4.79 Å². The van der Waals surface area contributed by atoms with Gasteiger partial charge in [-0.15, -0.1) is 0 Å². The summed E-state index contributed by atoms with van der Waals surface area (Å²) in [7, 11) is 0. The molecule has 0 N–H and O–H groups in total. The number of benzene rings is 1. The molecule has 1 fully saturated rings. The fourth-order valence-electron chi connectivity index (χ4n) is 2.96. The molecule has 1 atom stereocenters. The molecule has 16 heavy (non-hydrogen) atoms. The summed E-state index contributed by atoms with van der Waals surface area (Å²) in [6.07, 6.45) is 4.75. The second-order valence-electron chi connectivity index (χ2n) is 5.81. The predicted molar refractivity (Wildman–Crippen MR) is 66.8 cm³/mol. The molecule has 1 aliphatic rings. The van der Waals surface area contributed by atoms with E-state index in [0.717, 1.165) is 11.8 Å². The first-order valence-corrected chi connectivity index (χ1v) is 6.05. The van der Waals surface area contributed by atoms with Crippen LogP contribution in [0, 0.1) is 5.41 Å². The molecule has 1 aromatic rings. The van der Waals surface area contributed by atoms with Crippen LogP contribution < -0.4 is 0 Å². The molecule has 0 saturated heterocycles. The average molecular weight is 216 g/mol. The highest BCUT2D eigenvalue weighted by molar-refractivity contribution is 5.74. The van der Waals surface area contributed by atoms with Crippen molar-refractivity contribution in [2.24, 2.45) is 5.41 Å². The number of hydrogen-bond donors (Lipinski definition) is 0. The molecule has 1 nitrogen and oxygen atoms in total. The number of aldehydes is 1. The molecule has 0 radical (unpaired) electrons. The number of hydrogen-bond acceptors (Lipinski definition) is 1. The molecule has 0 aromatic heterocycles. The van der Waals surface area contributed by atoms with E-state index in [4.69, 9.17) is 0 Å². The molecular formula is C15H20O. The Kier molecular flexibility index (Phi) is 2.65. The van der Waals surface area contributed by atoms with Gasteiger partial charge in [0.05, 0.1) is 0 Å². The first kappa shape index (κ1) is 11.4. The normalized spacial score (nSPS) is 27.9. The molecule has 1 aliphatic carbocycles. The van der Waals surface area contributed by atoms with Crippen LogP contribution in [-0.4, -0.2) is 6.29 Å². The molecule has 1 aromatic carbocycles. The summed E-state index contributed by atoms with van der Waals surface area (Å²) in [5.74, 6) is 0. The van der Waals surface area contributed by atoms with Gasteiger partial charge in [0.25, 0.3) is 0 Å². The van der Waals surface area contributed by atoms with Crippen LogP contribution >= 0.6 is 0 Å². The van der Waals surface area contributed by atoms with E-state index in [2.05, 4.69) is 32.9 Å². The van der Waals surface area contributed by atoms with Crippen LogP contribution in [0.4, 0.5) is 0 Å². The molecule has 0 amide bonds. The quantitative estimate of drug-likeness (QED) is 0.684. The topological polar surface area (TPSA) is 17.1 Å². The molecule has 1 saturated carbocycles. The molecule has 1 heteroatoms. The lowest BCUT2D eigenvalue weighted by Gasteiger charge is -2.39. The van der Waals surface area contributed by atoms with E-state index < -0.39 is 0 Å². The number of carbonyl (C=O) groups excluding carboxylic acids is 1. The number of carbonyl (C=O) groups is 1. The maximum absolute atomic E-state index is 10.6. The van der Waals surface area contributed by atoms with E-state index >= 15 is 0 Å². The molecule has 0 spiro atoms. The van der Waals surface area contributed by atoms with Crippen LogP contribution in [0.25, 0.3) is 0 Å². The van der Waals surface area contributed by atoms with Gasteiger partial charge >= 0.3 is 0 Å². The third-order valence-corrected chi connectivity index (χ3v) is 4.66. The summed E-state index contributed by atoms with van der Waals surface area (Å²) < 4.78 is 0. The van der Waals surface area contributed by atoms with Gasteiger partial charge in [0, 0.05) is 5.56 Å². The highest BCUT2D eigenvalue weighted by Gasteiger charge is 2.45. The maximum atomic E-state index is 10.6. The van der Waals surface area contributed by atoms with Crippen molar-refractivity contribution in [1.29, 1.82) is 0 Å². The third-order valence-electron chi connectivity index (χ3n) is 4.66. The zero-order valence-corrected chi connectivity index (χ0v) is 10.4. The molecule has 86 valence electrons. The van der Waals surface area contributed by atoms with Crippen molar-refractivity contribution in [1.82, 2.24) is 0 Å². The largest absolute Gasteiger partial charge is 0.298 e. The molecular weight excluding hydrogens is 196 g/mol. The highest BCUT2D eigenvalue weighted by atomic mass is 16.1. The average Bonchev–Trinajstić information content (AvgIpc) is 2.55. The molecule has 0 aliphatic heterocycles. The Labute approximate surface area is 97.9 Å². The third kappa shape index (κ3) is 1.59. The molecule has 2 rings (SSSR count). The molecule has 0 unspecified atom stereocenters. The van der Waals surface area contributed by atoms with E-state index in [9.17, 15) is 4.79 Å². The summed E-state index contributed by atoms with van der Waals surface area (Å²) in [5, 5.41) is 0. The van der Waals surface area contributed by atoms with Crippen LogP contribution in [-0.2, 0) is 5.41 Å². The van der Waals surface area contributed by atoms with E-state index in [1.807, 2.05) is 12.1 Å². The van der Waals surface area contributed by atoms with Gasteiger partial charge in [-0.05, 0) is 29.2 Å². The zero-order chi connectivity index (χ0) is 11.8. The van der Waals surface area contributed by atoms with Crippen LogP contribution in [0.1, 0.15) is 56.0 Å². The zero-order valence-electron chi connectivity index (χ0n) is 10.4. The van der Waals surface area contributed by atoms with Gasteiger partial charge in [0.2, 0.25) is 0 Å². The summed E-state index contributed by atoms with van der Waals surface area (Å²) in [4.78, 5) is 10.6. The minimum Gasteiger partial charge on any atom is -0.298 e. The molecule has 0 heterocycles. The summed E-state index contributed by atoms with van der Waals surface area (Å²) in [6.45, 7) is 7.07. The minimum absolute atomic E-state index is 0.258. The van der Waals surface area contributed by atoms with Gasteiger partial charge < -0.3 is 0 Å². The first-order chi connectivity index (χ1) is 7.49. The van der Waals surface area contributed by atoms with Crippen molar-refractivity contribution in [2.75, 3.05) is 0 Å². The van der Waals surface area contributed by atoms with Gasteiger partial charge in [-0.2, -0.15) is 0 Å². The Hall–Kier alpha value is -1.11. The highest BCUT2D eigenvalue weighted by Crippen LogP contribution is 2.53. The lowest BCUT2D eigenvalue weighted by atomic mass is 9.65. The fourth-order valence-corrected chi connectivity index (χ4v) is 2.96. The fraction of sp³-hybridized carbons (Fsp3) is 0.533. The SMILES string of the molecule is CC1(C)CCC[C@]1(C)c1ccc(C=O)cc1. The van der Waals surface area contributed by atoms with Crippen molar-refractivity contribution >= 4 is 6.29 Å². The van der Waals surface area contributed by atoms with Gasteiger partial charge in [-0.25, -0.2) is 0 Å². The van der Waals surface area contributed by atoms with Crippen LogP contribution in [0.5, 0.6) is 0 Å². The Morgan fingerprint density at radius 3 is 2.12 bits per heavy atom. The minimum atomic E-state index is 0.258. The molecule has 0 bridgehead atoms. The van der Waals surface area contributed by atoms with Crippen LogP contribution in [0.15, 0.2) is 24.3 Å². The van der Waals surface area contributed by atoms with Gasteiger partial charge in [0.15, 0.2) is 0 Å². The van der Waals surface area contributed by atoms with E-state index in [-0.39, 0.29) is 5.41 Å². The van der Waals surface area contributed by atoms with Gasteiger partial charge in [-0.3, -0.25) is 4.79 Å². The lowest BCUT2D eigenvalue weighted by Crippen LogP contribution is -2.33. The second-order valence-corrected chi connectivity index (χ2v) is 5.81. The maximum Gasteiger partial charge on any atom is 0.150 e. The summed E-state index contributed by atoms with van der Waals surface area (Å²) in [5.41, 5.74) is 2.76. The predicted octanol–water partition coefficient (Wildman–Crippen LogP) is 3.97. The van der Waals surface area contributed by atoms with E-state index in [1.54, 1.807) is 0 Å². The van der Waals surface area contributed by atoms with E-state index in [0.29, 0.717) is 5.41 Å². The smallest absolute Gasteiger partial charge is 0.150 e.